The molecular weight excluding hydrogens is 250 g/mol. The number of H-pyrrole nitrogens is 1. The van der Waals surface area contributed by atoms with Crippen LogP contribution in [0.2, 0.25) is 4.47 Å². The molecule has 8 heteroatoms. The number of nitrogens with zero attached hydrogens (tertiary/aromatic N) is 3. The maximum Gasteiger partial charge on any atom is 0.282 e. The summed E-state index contributed by atoms with van der Waals surface area (Å²) in [5.74, 6) is -0.293. The minimum Gasteiger partial charge on any atom is -0.343 e. The van der Waals surface area contributed by atoms with Crippen molar-refractivity contribution in [3.05, 3.63) is 27.4 Å². The van der Waals surface area contributed by atoms with E-state index in [-0.39, 0.29) is 21.4 Å². The Balaban J connectivity index is 2.03. The van der Waals surface area contributed by atoms with Gasteiger partial charge in [0.15, 0.2) is 0 Å². The molecule has 1 atom stereocenters. The highest BCUT2D eigenvalue weighted by atomic mass is 35.5. The Labute approximate surface area is 100 Å². The summed E-state index contributed by atoms with van der Waals surface area (Å²) in [5, 5.41) is 16.7. The van der Waals surface area contributed by atoms with Gasteiger partial charge in [0.25, 0.3) is 5.91 Å². The molecule has 2 rings (SSSR count). The van der Waals surface area contributed by atoms with Crippen LogP contribution >= 0.6 is 22.9 Å². The summed E-state index contributed by atoms with van der Waals surface area (Å²) in [6, 6.07) is -0.145. The first-order chi connectivity index (χ1) is 7.66. The zero-order valence-electron chi connectivity index (χ0n) is 8.27. The molecule has 0 aliphatic rings. The number of hydrogen-bond donors (Lipinski definition) is 2. The normalized spacial score (nSPS) is 12.4. The Morgan fingerprint density at radius 1 is 1.62 bits per heavy atom. The average molecular weight is 258 g/mol. The highest BCUT2D eigenvalue weighted by Gasteiger charge is 2.15. The fourth-order valence-corrected chi connectivity index (χ4v) is 1.87. The molecule has 1 amide bonds. The largest absolute Gasteiger partial charge is 0.343 e. The monoisotopic (exact) mass is 257 g/mol. The van der Waals surface area contributed by atoms with Gasteiger partial charge in [0.1, 0.15) is 0 Å². The fraction of sp³-hybridized carbons (Fsp3) is 0.250. The third-order valence-corrected chi connectivity index (χ3v) is 2.98. The molecule has 0 aromatic carbocycles. The van der Waals surface area contributed by atoms with Crippen molar-refractivity contribution in [3.8, 4) is 0 Å². The fourth-order valence-electron chi connectivity index (χ4n) is 1.14. The van der Waals surface area contributed by atoms with Crippen LogP contribution in [-0.2, 0) is 0 Å². The van der Waals surface area contributed by atoms with Crippen molar-refractivity contribution in [1.29, 1.82) is 0 Å². The van der Waals surface area contributed by atoms with E-state index >= 15 is 0 Å². The van der Waals surface area contributed by atoms with Gasteiger partial charge in [0.05, 0.1) is 12.2 Å². The minimum absolute atomic E-state index is 0.145. The third-order valence-electron chi connectivity index (χ3n) is 1.96. The van der Waals surface area contributed by atoms with E-state index in [2.05, 4.69) is 25.7 Å². The first-order valence-corrected chi connectivity index (χ1v) is 5.65. The second kappa shape index (κ2) is 4.58. The van der Waals surface area contributed by atoms with E-state index in [0.717, 1.165) is 16.9 Å². The van der Waals surface area contributed by atoms with Gasteiger partial charge in [-0.05, 0) is 18.5 Å². The first kappa shape index (κ1) is 11.0. The number of hydrogen-bond acceptors (Lipinski definition) is 5. The number of carbonyl (C=O) groups excluding carboxylic acids is 1. The highest BCUT2D eigenvalue weighted by Crippen LogP contribution is 2.16. The molecule has 2 heterocycles. The quantitative estimate of drug-likeness (QED) is 0.871. The number of carbonyl (C=O) groups is 1. The molecule has 1 unspecified atom stereocenters. The summed E-state index contributed by atoms with van der Waals surface area (Å²) < 4.78 is 0.251. The smallest absolute Gasteiger partial charge is 0.282 e. The second-order valence-corrected chi connectivity index (χ2v) is 4.65. The number of aromatic amines is 1. The van der Waals surface area contributed by atoms with Crippen molar-refractivity contribution in [2.75, 3.05) is 0 Å². The highest BCUT2D eigenvalue weighted by molar-refractivity contribution is 7.17. The molecule has 0 aliphatic carbocycles. The number of rotatable bonds is 3. The van der Waals surface area contributed by atoms with Crippen LogP contribution in [0.1, 0.15) is 28.3 Å². The Morgan fingerprint density at radius 3 is 3.00 bits per heavy atom. The molecule has 0 saturated heterocycles. The van der Waals surface area contributed by atoms with Crippen LogP contribution in [0.3, 0.4) is 0 Å². The SMILES string of the molecule is CC(NC(=O)c1nnc(Cl)s1)c1cn[nH]c1. The van der Waals surface area contributed by atoms with Gasteiger partial charge in [0, 0.05) is 11.8 Å². The van der Waals surface area contributed by atoms with E-state index in [1.165, 1.54) is 0 Å². The zero-order chi connectivity index (χ0) is 11.5. The molecule has 16 heavy (non-hydrogen) atoms. The molecule has 0 saturated carbocycles. The molecule has 0 spiro atoms. The van der Waals surface area contributed by atoms with Crippen LogP contribution in [0.5, 0.6) is 0 Å². The lowest BCUT2D eigenvalue weighted by atomic mass is 10.2. The molecule has 2 N–H and O–H groups in total. The van der Waals surface area contributed by atoms with Crippen LogP contribution in [0.15, 0.2) is 12.4 Å². The van der Waals surface area contributed by atoms with Crippen molar-refractivity contribution >= 4 is 28.8 Å². The van der Waals surface area contributed by atoms with Crippen molar-refractivity contribution in [2.45, 2.75) is 13.0 Å². The predicted molar refractivity (Wildman–Crippen MR) is 59.4 cm³/mol. The van der Waals surface area contributed by atoms with Crippen LogP contribution < -0.4 is 5.32 Å². The first-order valence-electron chi connectivity index (χ1n) is 4.45. The van der Waals surface area contributed by atoms with Crippen molar-refractivity contribution in [2.24, 2.45) is 0 Å². The maximum atomic E-state index is 11.7. The summed E-state index contributed by atoms with van der Waals surface area (Å²) in [7, 11) is 0. The van der Waals surface area contributed by atoms with Gasteiger partial charge < -0.3 is 5.32 Å². The summed E-state index contributed by atoms with van der Waals surface area (Å²) in [5.41, 5.74) is 0.893. The molecule has 84 valence electrons. The number of aromatic nitrogens is 4. The van der Waals surface area contributed by atoms with Crippen LogP contribution in [0.4, 0.5) is 0 Å². The van der Waals surface area contributed by atoms with Gasteiger partial charge in [-0.25, -0.2) is 0 Å². The molecule has 6 nitrogen and oxygen atoms in total. The van der Waals surface area contributed by atoms with Crippen LogP contribution in [-0.4, -0.2) is 26.3 Å². The number of amides is 1. The standard InChI is InChI=1S/C8H8ClN5OS/c1-4(5-2-10-11-3-5)12-6(15)7-13-14-8(9)16-7/h2-4H,1H3,(H,10,11)(H,12,15). The average Bonchev–Trinajstić information content (AvgIpc) is 2.87. The van der Waals surface area contributed by atoms with Crippen molar-refractivity contribution in [3.63, 3.8) is 0 Å². The number of nitrogens with one attached hydrogen (secondary N) is 2. The number of halogens is 1. The van der Waals surface area contributed by atoms with Gasteiger partial charge >= 0.3 is 0 Å². The Kier molecular flexibility index (Phi) is 3.16. The van der Waals surface area contributed by atoms with E-state index in [1.807, 2.05) is 6.92 Å². The molecule has 0 aliphatic heterocycles. The second-order valence-electron chi connectivity index (χ2n) is 3.09. The topological polar surface area (TPSA) is 83.6 Å². The summed E-state index contributed by atoms with van der Waals surface area (Å²) >= 11 is 6.63. The molecule has 0 radical (unpaired) electrons. The summed E-state index contributed by atoms with van der Waals surface area (Å²) in [6.45, 7) is 1.85. The molecule has 2 aromatic rings. The van der Waals surface area contributed by atoms with E-state index in [1.54, 1.807) is 12.4 Å². The molecule has 2 aromatic heterocycles. The third kappa shape index (κ3) is 2.37. The maximum absolute atomic E-state index is 11.7. The van der Waals surface area contributed by atoms with E-state index in [0.29, 0.717) is 0 Å². The van der Waals surface area contributed by atoms with Crippen LogP contribution in [0.25, 0.3) is 0 Å². The lowest BCUT2D eigenvalue weighted by Crippen LogP contribution is -2.26. The van der Waals surface area contributed by atoms with Gasteiger partial charge in [-0.2, -0.15) is 5.10 Å². The minimum atomic E-state index is -0.293. The Hall–Kier alpha value is -1.47. The van der Waals surface area contributed by atoms with Gasteiger partial charge in [0.2, 0.25) is 9.47 Å². The van der Waals surface area contributed by atoms with E-state index < -0.39 is 0 Å². The van der Waals surface area contributed by atoms with E-state index in [9.17, 15) is 4.79 Å². The Bertz CT molecular complexity index is 482. The van der Waals surface area contributed by atoms with Crippen molar-refractivity contribution < 1.29 is 4.79 Å². The van der Waals surface area contributed by atoms with E-state index in [4.69, 9.17) is 11.6 Å². The summed E-state index contributed by atoms with van der Waals surface area (Å²) in [6.07, 6.45) is 3.37. The summed E-state index contributed by atoms with van der Waals surface area (Å²) in [4.78, 5) is 11.7. The Morgan fingerprint density at radius 2 is 2.44 bits per heavy atom. The van der Waals surface area contributed by atoms with Gasteiger partial charge in [-0.15, -0.1) is 10.2 Å². The van der Waals surface area contributed by atoms with Crippen molar-refractivity contribution in [1.82, 2.24) is 25.7 Å². The lowest BCUT2D eigenvalue weighted by Gasteiger charge is -2.09. The van der Waals surface area contributed by atoms with Crippen LogP contribution in [0, 0.1) is 0 Å². The lowest BCUT2D eigenvalue weighted by molar-refractivity contribution is 0.0939. The molecular formula is C8H8ClN5OS. The van der Waals surface area contributed by atoms with Gasteiger partial charge in [-0.1, -0.05) is 11.3 Å². The van der Waals surface area contributed by atoms with Gasteiger partial charge in [-0.3, -0.25) is 9.89 Å². The molecule has 0 fully saturated rings. The molecule has 0 bridgehead atoms. The predicted octanol–water partition coefficient (Wildman–Crippen LogP) is 1.41. The zero-order valence-corrected chi connectivity index (χ0v) is 9.84.